The van der Waals surface area contributed by atoms with Crippen LogP contribution in [0.3, 0.4) is 0 Å². The molecule has 4 heteroatoms. The van der Waals surface area contributed by atoms with Crippen LogP contribution >= 0.6 is 0 Å². The van der Waals surface area contributed by atoms with Gasteiger partial charge in [-0.3, -0.25) is 4.98 Å². The molecule has 2 heterocycles. The number of aryl methyl sites for hydroxylation is 1. The van der Waals surface area contributed by atoms with Gasteiger partial charge >= 0.3 is 0 Å². The molecule has 0 amide bonds. The summed E-state index contributed by atoms with van der Waals surface area (Å²) in [6.07, 6.45) is 1.80. The van der Waals surface area contributed by atoms with Crippen molar-refractivity contribution in [3.8, 4) is 0 Å². The van der Waals surface area contributed by atoms with Crippen molar-refractivity contribution in [3.05, 3.63) is 54.4 Å². The molecule has 2 aromatic heterocycles. The van der Waals surface area contributed by atoms with Gasteiger partial charge < -0.3 is 11.1 Å². The number of nitrogen functional groups attached to an aromatic ring is 1. The van der Waals surface area contributed by atoms with Gasteiger partial charge in [-0.15, -0.1) is 0 Å². The molecule has 19 heavy (non-hydrogen) atoms. The standard InChI is InChI=1S/C15H14N4/c1-10-13(16)6-7-15(18-10)19-12-8-11-4-2-3-5-14(11)17-9-12/h2-9H,16H2,1H3,(H,18,19). The third-order valence-electron chi connectivity index (χ3n) is 2.99. The first-order chi connectivity index (χ1) is 9.22. The topological polar surface area (TPSA) is 63.8 Å². The quantitative estimate of drug-likeness (QED) is 0.732. The van der Waals surface area contributed by atoms with Gasteiger partial charge in [0.2, 0.25) is 0 Å². The van der Waals surface area contributed by atoms with E-state index in [0.29, 0.717) is 5.69 Å². The van der Waals surface area contributed by atoms with Gasteiger partial charge in [-0.05, 0) is 31.2 Å². The van der Waals surface area contributed by atoms with E-state index in [0.717, 1.165) is 28.1 Å². The predicted molar refractivity (Wildman–Crippen MR) is 78.4 cm³/mol. The molecule has 3 aromatic rings. The molecule has 0 spiro atoms. The molecule has 0 aliphatic carbocycles. The number of hydrogen-bond acceptors (Lipinski definition) is 4. The van der Waals surface area contributed by atoms with Crippen molar-refractivity contribution in [1.82, 2.24) is 9.97 Å². The Labute approximate surface area is 111 Å². The number of nitrogens with one attached hydrogen (secondary N) is 1. The van der Waals surface area contributed by atoms with Crippen LogP contribution in [-0.2, 0) is 0 Å². The van der Waals surface area contributed by atoms with Gasteiger partial charge in [0, 0.05) is 5.39 Å². The Morgan fingerprint density at radius 2 is 1.95 bits per heavy atom. The first kappa shape index (κ1) is 11.5. The van der Waals surface area contributed by atoms with Crippen molar-refractivity contribution in [2.45, 2.75) is 6.92 Å². The zero-order chi connectivity index (χ0) is 13.2. The summed E-state index contributed by atoms with van der Waals surface area (Å²) >= 11 is 0. The lowest BCUT2D eigenvalue weighted by atomic mass is 10.2. The smallest absolute Gasteiger partial charge is 0.130 e. The average molecular weight is 250 g/mol. The van der Waals surface area contributed by atoms with Crippen LogP contribution in [-0.4, -0.2) is 9.97 Å². The zero-order valence-electron chi connectivity index (χ0n) is 10.6. The predicted octanol–water partition coefficient (Wildman–Crippen LogP) is 3.26. The number of anilines is 3. The minimum Gasteiger partial charge on any atom is -0.397 e. The number of para-hydroxylation sites is 1. The molecule has 0 atom stereocenters. The second kappa shape index (κ2) is 4.57. The number of fused-ring (bicyclic) bond motifs is 1. The van der Waals surface area contributed by atoms with E-state index in [-0.39, 0.29) is 0 Å². The molecule has 0 fully saturated rings. The van der Waals surface area contributed by atoms with Gasteiger partial charge in [0.1, 0.15) is 5.82 Å². The van der Waals surface area contributed by atoms with E-state index < -0.39 is 0 Å². The molecule has 0 saturated carbocycles. The normalized spacial score (nSPS) is 10.6. The number of nitrogens with two attached hydrogens (primary N) is 1. The molecule has 0 unspecified atom stereocenters. The van der Waals surface area contributed by atoms with Gasteiger partial charge in [-0.25, -0.2) is 4.98 Å². The van der Waals surface area contributed by atoms with Gasteiger partial charge in [0.15, 0.2) is 0 Å². The van der Waals surface area contributed by atoms with Crippen LogP contribution in [0.2, 0.25) is 0 Å². The first-order valence-corrected chi connectivity index (χ1v) is 6.07. The van der Waals surface area contributed by atoms with E-state index in [1.54, 1.807) is 6.20 Å². The lowest BCUT2D eigenvalue weighted by Gasteiger charge is -2.08. The van der Waals surface area contributed by atoms with Crippen molar-refractivity contribution in [2.24, 2.45) is 0 Å². The summed E-state index contributed by atoms with van der Waals surface area (Å²) in [6, 6.07) is 13.8. The Bertz CT molecular complexity index is 737. The number of pyridine rings is 2. The van der Waals surface area contributed by atoms with Crippen LogP contribution in [0.4, 0.5) is 17.2 Å². The van der Waals surface area contributed by atoms with E-state index in [4.69, 9.17) is 5.73 Å². The SMILES string of the molecule is Cc1nc(Nc2cnc3ccccc3c2)ccc1N. The average Bonchev–Trinajstić information content (AvgIpc) is 2.43. The van der Waals surface area contributed by atoms with Gasteiger partial charge in [-0.2, -0.15) is 0 Å². The van der Waals surface area contributed by atoms with Crippen LogP contribution in [0.5, 0.6) is 0 Å². The molecular formula is C15H14N4. The molecule has 94 valence electrons. The number of benzene rings is 1. The summed E-state index contributed by atoms with van der Waals surface area (Å²) in [6.45, 7) is 1.89. The first-order valence-electron chi connectivity index (χ1n) is 6.07. The van der Waals surface area contributed by atoms with Crippen molar-refractivity contribution >= 4 is 28.1 Å². The van der Waals surface area contributed by atoms with E-state index in [1.165, 1.54) is 0 Å². The minimum absolute atomic E-state index is 0.696. The monoisotopic (exact) mass is 250 g/mol. The molecule has 0 saturated heterocycles. The van der Waals surface area contributed by atoms with Crippen molar-refractivity contribution < 1.29 is 0 Å². The Kier molecular flexibility index (Phi) is 2.76. The zero-order valence-corrected chi connectivity index (χ0v) is 10.6. The number of hydrogen-bond donors (Lipinski definition) is 2. The highest BCUT2D eigenvalue weighted by molar-refractivity contribution is 5.82. The molecule has 4 nitrogen and oxygen atoms in total. The molecule has 0 aliphatic heterocycles. The molecule has 0 bridgehead atoms. The third-order valence-corrected chi connectivity index (χ3v) is 2.99. The van der Waals surface area contributed by atoms with Crippen LogP contribution < -0.4 is 11.1 Å². The fourth-order valence-corrected chi connectivity index (χ4v) is 1.93. The fourth-order valence-electron chi connectivity index (χ4n) is 1.93. The van der Waals surface area contributed by atoms with Crippen LogP contribution in [0.25, 0.3) is 10.9 Å². The largest absolute Gasteiger partial charge is 0.397 e. The lowest BCUT2D eigenvalue weighted by molar-refractivity contribution is 1.20. The Hall–Kier alpha value is -2.62. The molecule has 3 rings (SSSR count). The molecule has 1 aromatic carbocycles. The van der Waals surface area contributed by atoms with Gasteiger partial charge in [0.05, 0.1) is 28.8 Å². The van der Waals surface area contributed by atoms with Crippen LogP contribution in [0, 0.1) is 6.92 Å². The summed E-state index contributed by atoms with van der Waals surface area (Å²) in [5, 5.41) is 4.33. The van der Waals surface area contributed by atoms with Crippen LogP contribution in [0.15, 0.2) is 48.7 Å². The summed E-state index contributed by atoms with van der Waals surface area (Å²) in [4.78, 5) is 8.79. The molecule has 0 radical (unpaired) electrons. The second-order valence-electron chi connectivity index (χ2n) is 4.41. The van der Waals surface area contributed by atoms with Gasteiger partial charge in [-0.1, -0.05) is 18.2 Å². The number of rotatable bonds is 2. The maximum Gasteiger partial charge on any atom is 0.130 e. The lowest BCUT2D eigenvalue weighted by Crippen LogP contribution is -1.98. The summed E-state index contributed by atoms with van der Waals surface area (Å²) in [5.74, 6) is 0.767. The number of nitrogens with zero attached hydrogens (tertiary/aromatic N) is 2. The summed E-state index contributed by atoms with van der Waals surface area (Å²) in [5.41, 5.74) is 9.16. The molecular weight excluding hydrogens is 236 g/mol. The highest BCUT2D eigenvalue weighted by Crippen LogP contribution is 2.20. The molecule has 0 aliphatic rings. The summed E-state index contributed by atoms with van der Waals surface area (Å²) in [7, 11) is 0. The van der Waals surface area contributed by atoms with E-state index in [9.17, 15) is 0 Å². The summed E-state index contributed by atoms with van der Waals surface area (Å²) < 4.78 is 0. The van der Waals surface area contributed by atoms with Crippen molar-refractivity contribution in [2.75, 3.05) is 11.1 Å². The Balaban J connectivity index is 1.94. The van der Waals surface area contributed by atoms with Crippen molar-refractivity contribution in [1.29, 1.82) is 0 Å². The van der Waals surface area contributed by atoms with Gasteiger partial charge in [0.25, 0.3) is 0 Å². The third kappa shape index (κ3) is 2.33. The fraction of sp³-hybridized carbons (Fsp3) is 0.0667. The highest BCUT2D eigenvalue weighted by Gasteiger charge is 2.01. The maximum absolute atomic E-state index is 5.75. The molecule has 3 N–H and O–H groups in total. The van der Waals surface area contributed by atoms with E-state index in [1.807, 2.05) is 43.3 Å². The highest BCUT2D eigenvalue weighted by atomic mass is 15.0. The maximum atomic E-state index is 5.75. The number of aromatic nitrogens is 2. The minimum atomic E-state index is 0.696. The second-order valence-corrected chi connectivity index (χ2v) is 4.41. The van der Waals surface area contributed by atoms with Crippen LogP contribution in [0.1, 0.15) is 5.69 Å². The Morgan fingerprint density at radius 1 is 1.11 bits per heavy atom. The van der Waals surface area contributed by atoms with E-state index >= 15 is 0 Å². The Morgan fingerprint density at radius 3 is 2.79 bits per heavy atom. The van der Waals surface area contributed by atoms with E-state index in [2.05, 4.69) is 21.4 Å². The van der Waals surface area contributed by atoms with Crippen molar-refractivity contribution in [3.63, 3.8) is 0 Å².